The van der Waals surface area contributed by atoms with Crippen molar-refractivity contribution in [3.63, 3.8) is 0 Å². The minimum absolute atomic E-state index is 0.0498. The summed E-state index contributed by atoms with van der Waals surface area (Å²) in [6, 6.07) is 0.944. The Kier molecular flexibility index (Phi) is 4.55. The Balaban J connectivity index is 2.90. The minimum atomic E-state index is -1.30. The first-order valence-electron chi connectivity index (χ1n) is 5.21. The number of pyridine rings is 1. The van der Waals surface area contributed by atoms with Gasteiger partial charge in [-0.3, -0.25) is 10.1 Å². The van der Waals surface area contributed by atoms with Crippen molar-refractivity contribution in [2.75, 3.05) is 11.9 Å². The van der Waals surface area contributed by atoms with Gasteiger partial charge in [-0.15, -0.1) is 0 Å². The topological polar surface area (TPSA) is 126 Å². The molecule has 1 unspecified atom stereocenters. The molecule has 0 bridgehead atoms. The minimum Gasteiger partial charge on any atom is -0.478 e. The number of carboxylic acid groups (broad SMARTS) is 1. The largest absolute Gasteiger partial charge is 0.478 e. The van der Waals surface area contributed by atoms with Crippen LogP contribution in [-0.4, -0.2) is 38.7 Å². The predicted octanol–water partition coefficient (Wildman–Crippen LogP) is 0.871. The molecule has 0 saturated carbocycles. The van der Waals surface area contributed by atoms with Crippen LogP contribution in [0.1, 0.15) is 23.7 Å². The Bertz CT molecular complexity index is 461. The van der Waals surface area contributed by atoms with Crippen molar-refractivity contribution in [1.82, 2.24) is 4.98 Å². The summed E-state index contributed by atoms with van der Waals surface area (Å²) < 4.78 is 0. The van der Waals surface area contributed by atoms with Crippen LogP contribution in [0.25, 0.3) is 0 Å². The van der Waals surface area contributed by atoms with Gasteiger partial charge in [0.2, 0.25) is 0 Å². The van der Waals surface area contributed by atoms with Crippen molar-refractivity contribution in [1.29, 1.82) is 0 Å². The fourth-order valence-electron chi connectivity index (χ4n) is 1.26. The number of anilines is 1. The molecule has 1 aromatic heterocycles. The summed E-state index contributed by atoms with van der Waals surface area (Å²) in [5.41, 5.74) is -0.650. The third kappa shape index (κ3) is 3.67. The fraction of sp³-hybridized carbons (Fsp3) is 0.400. The van der Waals surface area contributed by atoms with E-state index in [9.17, 15) is 14.9 Å². The highest BCUT2D eigenvalue weighted by molar-refractivity contribution is 5.93. The maximum atomic E-state index is 10.9. The second kappa shape index (κ2) is 5.92. The van der Waals surface area contributed by atoms with E-state index in [2.05, 4.69) is 10.3 Å². The number of aromatic carboxylic acids is 1. The first kappa shape index (κ1) is 13.8. The number of hydrogen-bond acceptors (Lipinski definition) is 6. The highest BCUT2D eigenvalue weighted by Gasteiger charge is 2.17. The predicted molar refractivity (Wildman–Crippen MR) is 62.6 cm³/mol. The maximum Gasteiger partial charge on any atom is 0.339 e. The Morgan fingerprint density at radius 1 is 1.67 bits per heavy atom. The van der Waals surface area contributed by atoms with Gasteiger partial charge in [-0.25, -0.2) is 9.78 Å². The lowest BCUT2D eigenvalue weighted by Gasteiger charge is -2.09. The zero-order valence-corrected chi connectivity index (χ0v) is 9.66. The highest BCUT2D eigenvalue weighted by atomic mass is 16.6. The first-order valence-corrected chi connectivity index (χ1v) is 5.21. The molecule has 18 heavy (non-hydrogen) atoms. The van der Waals surface area contributed by atoms with Gasteiger partial charge in [0.25, 0.3) is 5.69 Å². The van der Waals surface area contributed by atoms with Crippen LogP contribution in [0.5, 0.6) is 0 Å². The van der Waals surface area contributed by atoms with Crippen molar-refractivity contribution in [3.05, 3.63) is 27.9 Å². The molecule has 8 nitrogen and oxygen atoms in total. The van der Waals surface area contributed by atoms with Gasteiger partial charge in [-0.1, -0.05) is 0 Å². The Labute approximate surface area is 102 Å². The second-order valence-corrected chi connectivity index (χ2v) is 3.72. The molecule has 1 atom stereocenters. The average Bonchev–Trinajstić information content (AvgIpc) is 2.28. The summed E-state index contributed by atoms with van der Waals surface area (Å²) in [7, 11) is 0. The normalized spacial score (nSPS) is 11.9. The third-order valence-electron chi connectivity index (χ3n) is 2.17. The zero-order valence-electron chi connectivity index (χ0n) is 9.66. The van der Waals surface area contributed by atoms with Gasteiger partial charge in [0, 0.05) is 12.6 Å². The summed E-state index contributed by atoms with van der Waals surface area (Å²) in [4.78, 5) is 24.4. The lowest BCUT2D eigenvalue weighted by atomic mass is 10.2. The summed E-state index contributed by atoms with van der Waals surface area (Å²) in [6.07, 6.45) is 0.873. The molecule has 0 spiro atoms. The van der Waals surface area contributed by atoms with E-state index >= 15 is 0 Å². The van der Waals surface area contributed by atoms with Gasteiger partial charge in [0.05, 0.1) is 11.0 Å². The average molecular weight is 255 g/mol. The number of aliphatic hydroxyl groups is 1. The summed E-state index contributed by atoms with van der Waals surface area (Å²) in [5, 5.41) is 31.2. The van der Waals surface area contributed by atoms with Crippen LogP contribution in [0, 0.1) is 10.1 Å². The molecule has 1 aromatic rings. The third-order valence-corrected chi connectivity index (χ3v) is 2.17. The van der Waals surface area contributed by atoms with Crippen LogP contribution in [0.15, 0.2) is 12.3 Å². The second-order valence-electron chi connectivity index (χ2n) is 3.72. The number of rotatable bonds is 6. The smallest absolute Gasteiger partial charge is 0.339 e. The molecule has 0 aromatic carbocycles. The van der Waals surface area contributed by atoms with E-state index in [1.807, 2.05) is 0 Å². The van der Waals surface area contributed by atoms with E-state index < -0.39 is 17.0 Å². The molecule has 0 aliphatic heterocycles. The summed E-state index contributed by atoms with van der Waals surface area (Å²) >= 11 is 0. The molecule has 1 heterocycles. The molecular weight excluding hydrogens is 242 g/mol. The lowest BCUT2D eigenvalue weighted by Crippen LogP contribution is -2.13. The van der Waals surface area contributed by atoms with Crippen LogP contribution in [0.3, 0.4) is 0 Å². The molecule has 0 aliphatic rings. The lowest BCUT2D eigenvalue weighted by molar-refractivity contribution is -0.385. The number of hydrogen-bond donors (Lipinski definition) is 3. The fourth-order valence-corrected chi connectivity index (χ4v) is 1.26. The summed E-state index contributed by atoms with van der Waals surface area (Å²) in [5.74, 6) is -1.25. The molecule has 0 radical (unpaired) electrons. The standard InChI is InChI=1S/C10H13N3O5/c1-6(14)2-3-11-9-8(10(15)16)4-7(5-12-9)13(17)18/h4-6,14H,2-3H2,1H3,(H,11,12)(H,15,16). The van der Waals surface area contributed by atoms with E-state index in [-0.39, 0.29) is 17.1 Å². The quantitative estimate of drug-likeness (QED) is 0.508. The zero-order chi connectivity index (χ0) is 13.7. The van der Waals surface area contributed by atoms with Gasteiger partial charge in [-0.05, 0) is 13.3 Å². The van der Waals surface area contributed by atoms with Crippen LogP contribution >= 0.6 is 0 Å². The number of carbonyl (C=O) groups is 1. The summed E-state index contributed by atoms with van der Waals surface area (Å²) in [6.45, 7) is 1.92. The monoisotopic (exact) mass is 255 g/mol. The molecule has 3 N–H and O–H groups in total. The highest BCUT2D eigenvalue weighted by Crippen LogP contribution is 2.19. The van der Waals surface area contributed by atoms with Gasteiger partial charge in [0.1, 0.15) is 17.6 Å². The Hall–Kier alpha value is -2.22. The van der Waals surface area contributed by atoms with Crippen molar-refractivity contribution in [3.8, 4) is 0 Å². The van der Waals surface area contributed by atoms with Gasteiger partial charge in [-0.2, -0.15) is 0 Å². The van der Waals surface area contributed by atoms with Gasteiger partial charge >= 0.3 is 5.97 Å². The van der Waals surface area contributed by atoms with E-state index in [0.29, 0.717) is 13.0 Å². The van der Waals surface area contributed by atoms with Crippen molar-refractivity contribution < 1.29 is 19.9 Å². The molecule has 8 heteroatoms. The molecular formula is C10H13N3O5. The van der Waals surface area contributed by atoms with Crippen molar-refractivity contribution in [2.45, 2.75) is 19.4 Å². The number of aromatic nitrogens is 1. The molecule has 0 aliphatic carbocycles. The van der Waals surface area contributed by atoms with Crippen molar-refractivity contribution in [2.24, 2.45) is 0 Å². The molecule has 0 fully saturated rings. The Morgan fingerprint density at radius 3 is 2.83 bits per heavy atom. The number of nitro groups is 1. The van der Waals surface area contributed by atoms with E-state index in [1.165, 1.54) is 0 Å². The van der Waals surface area contributed by atoms with Gasteiger partial charge in [0.15, 0.2) is 0 Å². The van der Waals surface area contributed by atoms with E-state index in [0.717, 1.165) is 12.3 Å². The number of aliphatic hydroxyl groups excluding tert-OH is 1. The molecule has 98 valence electrons. The number of nitrogens with zero attached hydrogens (tertiary/aromatic N) is 2. The van der Waals surface area contributed by atoms with E-state index in [1.54, 1.807) is 6.92 Å². The van der Waals surface area contributed by atoms with Crippen LogP contribution in [0.4, 0.5) is 11.5 Å². The van der Waals surface area contributed by atoms with Gasteiger partial charge < -0.3 is 15.5 Å². The van der Waals surface area contributed by atoms with Crippen LogP contribution in [0.2, 0.25) is 0 Å². The maximum absolute atomic E-state index is 10.9. The first-order chi connectivity index (χ1) is 8.41. The van der Waals surface area contributed by atoms with Crippen molar-refractivity contribution >= 4 is 17.5 Å². The number of nitrogens with one attached hydrogen (secondary N) is 1. The molecule has 0 amide bonds. The number of carboxylic acids is 1. The van der Waals surface area contributed by atoms with E-state index in [4.69, 9.17) is 10.2 Å². The van der Waals surface area contributed by atoms with Crippen LogP contribution < -0.4 is 5.32 Å². The molecule has 0 saturated heterocycles. The Morgan fingerprint density at radius 2 is 2.33 bits per heavy atom. The SMILES string of the molecule is CC(O)CCNc1ncc([N+](=O)[O-])cc1C(=O)O. The van der Waals surface area contributed by atoms with Crippen LogP contribution in [-0.2, 0) is 0 Å². The molecule has 1 rings (SSSR count).